The number of hydrogen-bond acceptors (Lipinski definition) is 3. The fourth-order valence-electron chi connectivity index (χ4n) is 2.78. The van der Waals surface area contributed by atoms with E-state index in [4.69, 9.17) is 4.74 Å². The Morgan fingerprint density at radius 1 is 1.45 bits per heavy atom. The maximum atomic E-state index is 12.2. The number of hydrogen-bond donors (Lipinski definition) is 2. The van der Waals surface area contributed by atoms with Crippen molar-refractivity contribution < 1.29 is 14.6 Å². The van der Waals surface area contributed by atoms with Gasteiger partial charge in [0.1, 0.15) is 0 Å². The van der Waals surface area contributed by atoms with Gasteiger partial charge in [-0.3, -0.25) is 0 Å². The number of aliphatic hydroxyl groups is 1. The maximum absolute atomic E-state index is 12.2. The highest BCUT2D eigenvalue weighted by Crippen LogP contribution is 2.21. The van der Waals surface area contributed by atoms with Crippen LogP contribution in [0.15, 0.2) is 30.5 Å². The monoisotopic (exact) mass is 303 g/mol. The normalized spacial score (nSPS) is 18.1. The van der Waals surface area contributed by atoms with Gasteiger partial charge in [-0.05, 0) is 30.0 Å². The number of likely N-dealkylation sites (tertiary alicyclic amines) is 1. The zero-order valence-electron chi connectivity index (χ0n) is 12.7. The van der Waals surface area contributed by atoms with Crippen LogP contribution in [0.5, 0.6) is 0 Å². The van der Waals surface area contributed by atoms with Gasteiger partial charge in [0.05, 0.1) is 18.2 Å². The summed E-state index contributed by atoms with van der Waals surface area (Å²) < 4.78 is 7.22. The van der Waals surface area contributed by atoms with E-state index in [0.29, 0.717) is 26.1 Å². The summed E-state index contributed by atoms with van der Waals surface area (Å²) in [4.78, 5) is 13.8. The molecule has 1 atom stereocenters. The van der Waals surface area contributed by atoms with Crippen molar-refractivity contribution in [2.45, 2.75) is 19.1 Å². The van der Waals surface area contributed by atoms with Crippen LogP contribution in [0.25, 0.3) is 10.9 Å². The van der Waals surface area contributed by atoms with E-state index >= 15 is 0 Å². The van der Waals surface area contributed by atoms with Crippen molar-refractivity contribution in [3.05, 3.63) is 30.5 Å². The molecule has 2 amide bonds. The van der Waals surface area contributed by atoms with Crippen LogP contribution in [0.1, 0.15) is 6.42 Å². The molecule has 1 aromatic heterocycles. The second-order valence-corrected chi connectivity index (χ2v) is 5.59. The highest BCUT2D eigenvalue weighted by molar-refractivity contribution is 5.93. The van der Waals surface area contributed by atoms with Crippen molar-refractivity contribution in [2.75, 3.05) is 32.1 Å². The number of aliphatic hydroxyl groups excluding tert-OH is 1. The molecule has 0 aliphatic carbocycles. The first-order chi connectivity index (χ1) is 10.7. The number of methoxy groups -OCH3 is 1. The lowest BCUT2D eigenvalue weighted by Crippen LogP contribution is -2.33. The second kappa shape index (κ2) is 6.37. The number of anilines is 1. The summed E-state index contributed by atoms with van der Waals surface area (Å²) in [6.07, 6.45) is 2.26. The molecule has 2 N–H and O–H groups in total. The third-order valence-electron chi connectivity index (χ3n) is 4.01. The molecule has 0 spiro atoms. The Hall–Kier alpha value is -2.05. The van der Waals surface area contributed by atoms with Gasteiger partial charge in [-0.15, -0.1) is 0 Å². The first-order valence-electron chi connectivity index (χ1n) is 7.49. The fraction of sp³-hybridized carbons (Fsp3) is 0.438. The number of benzene rings is 1. The van der Waals surface area contributed by atoms with Crippen LogP contribution in [0.3, 0.4) is 0 Å². The number of rotatable bonds is 4. The lowest BCUT2D eigenvalue weighted by atomic mass is 10.2. The Kier molecular flexibility index (Phi) is 4.31. The summed E-state index contributed by atoms with van der Waals surface area (Å²) >= 11 is 0. The highest BCUT2D eigenvalue weighted by atomic mass is 16.5. The molecule has 6 nitrogen and oxygen atoms in total. The number of amides is 2. The quantitative estimate of drug-likeness (QED) is 0.906. The summed E-state index contributed by atoms with van der Waals surface area (Å²) in [6, 6.07) is 7.74. The van der Waals surface area contributed by atoms with Gasteiger partial charge >= 0.3 is 6.03 Å². The van der Waals surface area contributed by atoms with Crippen LogP contribution in [-0.4, -0.2) is 53.5 Å². The van der Waals surface area contributed by atoms with Crippen LogP contribution in [-0.2, 0) is 11.3 Å². The summed E-state index contributed by atoms with van der Waals surface area (Å²) in [7, 11) is 1.68. The van der Waals surface area contributed by atoms with E-state index in [9.17, 15) is 9.90 Å². The predicted octanol–water partition coefficient (Wildman–Crippen LogP) is 1.89. The molecule has 0 radical (unpaired) electrons. The van der Waals surface area contributed by atoms with E-state index in [-0.39, 0.29) is 6.03 Å². The number of aromatic nitrogens is 1. The SMILES string of the molecule is COCCn1ccc2ccc(NC(=O)N3CC[C@H](O)C3)cc21. The summed E-state index contributed by atoms with van der Waals surface area (Å²) in [5.41, 5.74) is 1.83. The van der Waals surface area contributed by atoms with Crippen LogP contribution in [0.4, 0.5) is 10.5 Å². The molecule has 1 aromatic carbocycles. The van der Waals surface area contributed by atoms with E-state index < -0.39 is 6.10 Å². The van der Waals surface area contributed by atoms with Gasteiger partial charge in [0, 0.05) is 38.6 Å². The maximum Gasteiger partial charge on any atom is 0.321 e. The number of carbonyl (C=O) groups is 1. The molecule has 6 heteroatoms. The Morgan fingerprint density at radius 3 is 3.05 bits per heavy atom. The van der Waals surface area contributed by atoms with Gasteiger partial charge < -0.3 is 24.6 Å². The predicted molar refractivity (Wildman–Crippen MR) is 85.0 cm³/mol. The van der Waals surface area contributed by atoms with Gasteiger partial charge in [0.2, 0.25) is 0 Å². The van der Waals surface area contributed by atoms with E-state index in [1.54, 1.807) is 12.0 Å². The van der Waals surface area contributed by atoms with Gasteiger partial charge in [-0.2, -0.15) is 0 Å². The van der Waals surface area contributed by atoms with Crippen molar-refractivity contribution >= 4 is 22.6 Å². The van der Waals surface area contributed by atoms with Crippen LogP contribution < -0.4 is 5.32 Å². The molecule has 1 aliphatic rings. The number of fused-ring (bicyclic) bond motifs is 1. The zero-order valence-corrected chi connectivity index (χ0v) is 12.7. The summed E-state index contributed by atoms with van der Waals surface area (Å²) in [5, 5.41) is 13.5. The summed E-state index contributed by atoms with van der Waals surface area (Å²) in [5.74, 6) is 0. The van der Waals surface area contributed by atoms with Gasteiger partial charge in [-0.1, -0.05) is 6.07 Å². The number of carbonyl (C=O) groups excluding carboxylic acids is 1. The Bertz CT molecular complexity index is 668. The van der Waals surface area contributed by atoms with Crippen LogP contribution in [0.2, 0.25) is 0 Å². The van der Waals surface area contributed by atoms with Crippen molar-refractivity contribution in [1.82, 2.24) is 9.47 Å². The molecule has 0 bridgehead atoms. The van der Waals surface area contributed by atoms with Crippen LogP contribution >= 0.6 is 0 Å². The largest absolute Gasteiger partial charge is 0.391 e. The number of nitrogens with one attached hydrogen (secondary N) is 1. The van der Waals surface area contributed by atoms with Gasteiger partial charge in [0.25, 0.3) is 0 Å². The molecule has 22 heavy (non-hydrogen) atoms. The molecular weight excluding hydrogens is 282 g/mol. The highest BCUT2D eigenvalue weighted by Gasteiger charge is 2.24. The average molecular weight is 303 g/mol. The van der Waals surface area contributed by atoms with Crippen molar-refractivity contribution in [3.8, 4) is 0 Å². The molecule has 0 saturated carbocycles. The molecule has 118 valence electrons. The van der Waals surface area contributed by atoms with Crippen molar-refractivity contribution in [1.29, 1.82) is 0 Å². The number of β-amino-alcohol motifs (C(OH)–C–C–N with tert-alkyl or cyclic N) is 1. The smallest absolute Gasteiger partial charge is 0.321 e. The second-order valence-electron chi connectivity index (χ2n) is 5.59. The van der Waals surface area contributed by atoms with Crippen molar-refractivity contribution in [3.63, 3.8) is 0 Å². The topological polar surface area (TPSA) is 66.7 Å². The Labute approximate surface area is 129 Å². The van der Waals surface area contributed by atoms with Crippen LogP contribution in [0, 0.1) is 0 Å². The third kappa shape index (κ3) is 3.08. The lowest BCUT2D eigenvalue weighted by Gasteiger charge is -2.16. The average Bonchev–Trinajstić information content (AvgIpc) is 3.11. The molecule has 0 unspecified atom stereocenters. The lowest BCUT2D eigenvalue weighted by molar-refractivity contribution is 0.176. The Morgan fingerprint density at radius 2 is 2.32 bits per heavy atom. The minimum atomic E-state index is -0.403. The third-order valence-corrected chi connectivity index (χ3v) is 4.01. The van der Waals surface area contributed by atoms with Crippen molar-refractivity contribution in [2.24, 2.45) is 0 Å². The fourth-order valence-corrected chi connectivity index (χ4v) is 2.78. The number of ether oxygens (including phenoxy) is 1. The summed E-state index contributed by atoms with van der Waals surface area (Å²) in [6.45, 7) is 2.42. The number of nitrogens with zero attached hydrogens (tertiary/aromatic N) is 2. The first kappa shape index (κ1) is 14.9. The van der Waals surface area contributed by atoms with E-state index in [1.165, 1.54) is 0 Å². The minimum Gasteiger partial charge on any atom is -0.391 e. The molecular formula is C16H21N3O3. The first-order valence-corrected chi connectivity index (χ1v) is 7.49. The van der Waals surface area contributed by atoms with Gasteiger partial charge in [-0.25, -0.2) is 4.79 Å². The molecule has 2 heterocycles. The van der Waals surface area contributed by atoms with Gasteiger partial charge in [0.15, 0.2) is 0 Å². The molecule has 1 saturated heterocycles. The standard InChI is InChI=1S/C16H21N3O3/c1-22-9-8-18-6-4-12-2-3-13(10-15(12)18)17-16(21)19-7-5-14(20)11-19/h2-4,6,10,14,20H,5,7-9,11H2,1H3,(H,17,21)/t14-/m0/s1. The molecule has 3 rings (SSSR count). The molecule has 1 fully saturated rings. The van der Waals surface area contributed by atoms with E-state index in [0.717, 1.165) is 23.1 Å². The Balaban J connectivity index is 1.74. The minimum absolute atomic E-state index is 0.161. The van der Waals surface area contributed by atoms with E-state index in [1.807, 2.05) is 30.5 Å². The molecule has 2 aromatic rings. The van der Waals surface area contributed by atoms with E-state index in [2.05, 4.69) is 9.88 Å². The number of urea groups is 1. The molecule has 1 aliphatic heterocycles. The zero-order chi connectivity index (χ0) is 15.5.